The lowest BCUT2D eigenvalue weighted by atomic mass is 10.0. The van der Waals surface area contributed by atoms with Crippen LogP contribution in [0.25, 0.3) is 22.4 Å². The van der Waals surface area contributed by atoms with Crippen LogP contribution in [0.15, 0.2) is 48.8 Å². The van der Waals surface area contributed by atoms with Crippen LogP contribution in [-0.2, 0) is 0 Å². The molecule has 0 saturated carbocycles. The Hall–Kier alpha value is -2.24. The van der Waals surface area contributed by atoms with Gasteiger partial charge in [-0.3, -0.25) is 0 Å². The number of aromatic nitrogens is 3. The van der Waals surface area contributed by atoms with Crippen LogP contribution in [0.5, 0.6) is 0 Å². The minimum Gasteiger partial charge on any atom is -0.390 e. The summed E-state index contributed by atoms with van der Waals surface area (Å²) in [6, 6.07) is 12.2. The minimum absolute atomic E-state index is 0.0482. The summed E-state index contributed by atoms with van der Waals surface area (Å²) < 4.78 is 2.06. The van der Waals surface area contributed by atoms with Gasteiger partial charge in [0.25, 0.3) is 0 Å². The number of aliphatic hydroxyl groups excluding tert-OH is 1. The predicted octanol–water partition coefficient (Wildman–Crippen LogP) is 1.99. The number of imidazole rings is 1. The predicted molar refractivity (Wildman–Crippen MR) is 85.5 cm³/mol. The zero-order valence-corrected chi connectivity index (χ0v) is 12.2. The molecule has 1 aromatic carbocycles. The van der Waals surface area contributed by atoms with E-state index in [1.165, 1.54) is 0 Å². The van der Waals surface area contributed by atoms with Gasteiger partial charge in [-0.15, -0.1) is 0 Å². The Morgan fingerprint density at radius 3 is 3.00 bits per heavy atom. The molecule has 1 aliphatic heterocycles. The second-order valence-corrected chi connectivity index (χ2v) is 5.67. The van der Waals surface area contributed by atoms with Gasteiger partial charge < -0.3 is 15.0 Å². The van der Waals surface area contributed by atoms with E-state index >= 15 is 0 Å². The zero-order valence-electron chi connectivity index (χ0n) is 12.2. The maximum Gasteiger partial charge on any atom is 0.159 e. The third-order valence-corrected chi connectivity index (χ3v) is 4.27. The van der Waals surface area contributed by atoms with Gasteiger partial charge in [0.15, 0.2) is 5.82 Å². The molecular weight excluding hydrogens is 276 g/mol. The molecule has 0 bridgehead atoms. The van der Waals surface area contributed by atoms with E-state index in [0.717, 1.165) is 35.4 Å². The van der Waals surface area contributed by atoms with E-state index in [-0.39, 0.29) is 6.04 Å². The fourth-order valence-corrected chi connectivity index (χ4v) is 3.12. The molecule has 5 nitrogen and oxygen atoms in total. The lowest BCUT2D eigenvalue weighted by molar-refractivity contribution is 0.0880. The Kier molecular flexibility index (Phi) is 3.36. The van der Waals surface area contributed by atoms with E-state index in [1.54, 1.807) is 6.20 Å². The maximum atomic E-state index is 10.3. The Labute approximate surface area is 128 Å². The number of piperidine rings is 1. The van der Waals surface area contributed by atoms with Crippen LogP contribution in [0, 0.1) is 0 Å². The quantitative estimate of drug-likeness (QED) is 0.759. The van der Waals surface area contributed by atoms with Gasteiger partial charge in [-0.2, -0.15) is 0 Å². The topological polar surface area (TPSA) is 63.0 Å². The van der Waals surface area contributed by atoms with Crippen LogP contribution >= 0.6 is 0 Å². The molecule has 0 spiro atoms. The third kappa shape index (κ3) is 2.28. The van der Waals surface area contributed by atoms with E-state index in [2.05, 4.69) is 27.0 Å². The standard InChI is InChI=1S/C17H18N4O/c22-16-11-18-8-7-15(16)21-10-9-19-17(21)14-6-5-12-3-1-2-4-13(12)20-14/h1-6,9-10,15-16,18,22H,7-8,11H2/t15-,16-/m0/s1. The molecule has 0 radical (unpaired) electrons. The van der Waals surface area contributed by atoms with Crippen molar-refractivity contribution in [3.8, 4) is 11.5 Å². The highest BCUT2D eigenvalue weighted by atomic mass is 16.3. The van der Waals surface area contributed by atoms with Gasteiger partial charge in [0.05, 0.1) is 17.7 Å². The van der Waals surface area contributed by atoms with Gasteiger partial charge in [-0.25, -0.2) is 9.97 Å². The summed E-state index contributed by atoms with van der Waals surface area (Å²) in [4.78, 5) is 9.19. The Balaban J connectivity index is 1.77. The van der Waals surface area contributed by atoms with Crippen LogP contribution in [0.2, 0.25) is 0 Å². The first-order valence-corrected chi connectivity index (χ1v) is 7.61. The van der Waals surface area contributed by atoms with Crippen molar-refractivity contribution >= 4 is 10.9 Å². The van der Waals surface area contributed by atoms with Crippen molar-refractivity contribution < 1.29 is 5.11 Å². The molecule has 0 amide bonds. The van der Waals surface area contributed by atoms with Crippen LogP contribution in [0.3, 0.4) is 0 Å². The number of hydrogen-bond donors (Lipinski definition) is 2. The largest absolute Gasteiger partial charge is 0.390 e. The van der Waals surface area contributed by atoms with Crippen molar-refractivity contribution in [3.63, 3.8) is 0 Å². The van der Waals surface area contributed by atoms with Crippen molar-refractivity contribution in [1.82, 2.24) is 19.9 Å². The first-order valence-electron chi connectivity index (χ1n) is 7.61. The smallest absolute Gasteiger partial charge is 0.159 e. The normalized spacial score (nSPS) is 22.0. The molecule has 3 heterocycles. The minimum atomic E-state index is -0.401. The molecule has 1 saturated heterocycles. The maximum absolute atomic E-state index is 10.3. The van der Waals surface area contributed by atoms with Gasteiger partial charge in [0.1, 0.15) is 5.69 Å². The van der Waals surface area contributed by atoms with Crippen LogP contribution < -0.4 is 5.32 Å². The number of β-amino-alcohol motifs (C(OH)–C–C–N with tert-alkyl or cyclic N) is 1. The molecule has 0 aliphatic carbocycles. The number of para-hydroxylation sites is 1. The number of nitrogens with zero attached hydrogens (tertiary/aromatic N) is 3. The lowest BCUT2D eigenvalue weighted by Crippen LogP contribution is -2.41. The summed E-state index contributed by atoms with van der Waals surface area (Å²) in [5.41, 5.74) is 1.80. The van der Waals surface area contributed by atoms with Crippen LogP contribution in [0.4, 0.5) is 0 Å². The molecule has 1 aliphatic rings. The van der Waals surface area contributed by atoms with Crippen LogP contribution in [0.1, 0.15) is 12.5 Å². The molecule has 22 heavy (non-hydrogen) atoms. The summed E-state index contributed by atoms with van der Waals surface area (Å²) in [5.74, 6) is 0.816. The van der Waals surface area contributed by atoms with Gasteiger partial charge in [-0.05, 0) is 25.1 Å². The molecule has 3 aromatic rings. The number of fused-ring (bicyclic) bond motifs is 1. The van der Waals surface area contributed by atoms with Gasteiger partial charge in [-0.1, -0.05) is 24.3 Å². The summed E-state index contributed by atoms with van der Waals surface area (Å²) in [6.45, 7) is 1.53. The highest BCUT2D eigenvalue weighted by molar-refractivity contribution is 5.80. The molecule has 2 atom stereocenters. The van der Waals surface area contributed by atoms with E-state index in [4.69, 9.17) is 4.98 Å². The van der Waals surface area contributed by atoms with Gasteiger partial charge >= 0.3 is 0 Å². The fourth-order valence-electron chi connectivity index (χ4n) is 3.12. The summed E-state index contributed by atoms with van der Waals surface area (Å²) in [7, 11) is 0. The fraction of sp³-hybridized carbons (Fsp3) is 0.294. The zero-order chi connectivity index (χ0) is 14.9. The molecule has 2 aromatic heterocycles. The van der Waals surface area contributed by atoms with E-state index in [1.807, 2.05) is 30.5 Å². The van der Waals surface area contributed by atoms with E-state index in [9.17, 15) is 5.11 Å². The molecular formula is C17H18N4O. The highest BCUT2D eigenvalue weighted by Crippen LogP contribution is 2.26. The monoisotopic (exact) mass is 294 g/mol. The number of rotatable bonds is 2. The number of pyridine rings is 1. The van der Waals surface area contributed by atoms with E-state index in [0.29, 0.717) is 6.54 Å². The SMILES string of the molecule is O[C@H]1CNCC[C@@H]1n1ccnc1-c1ccc2ccccc2n1. The lowest BCUT2D eigenvalue weighted by Gasteiger charge is -2.30. The summed E-state index contributed by atoms with van der Waals surface area (Å²) in [6.07, 6.45) is 4.20. The second kappa shape index (κ2) is 5.51. The number of hydrogen-bond acceptors (Lipinski definition) is 4. The number of nitrogens with one attached hydrogen (secondary N) is 1. The molecule has 5 heteroatoms. The Morgan fingerprint density at radius 2 is 2.09 bits per heavy atom. The Bertz CT molecular complexity index is 798. The van der Waals surface area contributed by atoms with Crippen LogP contribution in [-0.4, -0.2) is 38.8 Å². The molecule has 112 valence electrons. The second-order valence-electron chi connectivity index (χ2n) is 5.67. The number of aliphatic hydroxyl groups is 1. The summed E-state index contributed by atoms with van der Waals surface area (Å²) >= 11 is 0. The van der Waals surface area contributed by atoms with Crippen molar-refractivity contribution in [2.75, 3.05) is 13.1 Å². The van der Waals surface area contributed by atoms with Crippen molar-refractivity contribution in [3.05, 3.63) is 48.8 Å². The average Bonchev–Trinajstić information content (AvgIpc) is 3.04. The summed E-state index contributed by atoms with van der Waals surface area (Å²) in [5, 5.41) is 14.6. The number of benzene rings is 1. The molecule has 1 fully saturated rings. The van der Waals surface area contributed by atoms with E-state index < -0.39 is 6.10 Å². The highest BCUT2D eigenvalue weighted by Gasteiger charge is 2.26. The van der Waals surface area contributed by atoms with Gasteiger partial charge in [0.2, 0.25) is 0 Å². The Morgan fingerprint density at radius 1 is 1.18 bits per heavy atom. The average molecular weight is 294 g/mol. The molecule has 0 unspecified atom stereocenters. The first-order chi connectivity index (χ1) is 10.8. The first kappa shape index (κ1) is 13.4. The van der Waals surface area contributed by atoms with Gasteiger partial charge in [0, 0.05) is 24.3 Å². The van der Waals surface area contributed by atoms with Crippen molar-refractivity contribution in [2.45, 2.75) is 18.6 Å². The van der Waals surface area contributed by atoms with Crippen molar-refractivity contribution in [1.29, 1.82) is 0 Å². The molecule has 4 rings (SSSR count). The third-order valence-electron chi connectivity index (χ3n) is 4.27. The molecule has 2 N–H and O–H groups in total. The van der Waals surface area contributed by atoms with Crippen molar-refractivity contribution in [2.24, 2.45) is 0 Å².